The number of hydrogen-bond donors (Lipinski definition) is 2. The number of amides is 1. The van der Waals surface area contributed by atoms with Gasteiger partial charge in [0.25, 0.3) is 11.5 Å². The highest BCUT2D eigenvalue weighted by Gasteiger charge is 2.13. The molecule has 1 aromatic heterocycles. The quantitative estimate of drug-likeness (QED) is 0.892. The Morgan fingerprint density at radius 1 is 1.33 bits per heavy atom. The second-order valence-electron chi connectivity index (χ2n) is 5.09. The number of H-pyrrole nitrogens is 1. The number of benzene rings is 1. The lowest BCUT2D eigenvalue weighted by atomic mass is 10.1. The van der Waals surface area contributed by atoms with Crippen LogP contribution >= 0.6 is 15.9 Å². The number of aromatic amines is 1. The largest absolute Gasteiger partial charge is 0.349 e. The normalized spacial score (nSPS) is 12.0. The molecule has 0 bridgehead atoms. The Labute approximate surface area is 131 Å². The third-order valence-electron chi connectivity index (χ3n) is 3.11. The van der Waals surface area contributed by atoms with Crippen LogP contribution in [0.5, 0.6) is 0 Å². The van der Waals surface area contributed by atoms with Crippen LogP contribution in [0.1, 0.15) is 28.5 Å². The van der Waals surface area contributed by atoms with E-state index in [1.165, 1.54) is 0 Å². The molecule has 0 saturated carbocycles. The zero-order valence-electron chi connectivity index (χ0n) is 11.9. The Morgan fingerprint density at radius 3 is 2.76 bits per heavy atom. The van der Waals surface area contributed by atoms with E-state index in [0.717, 1.165) is 15.7 Å². The highest BCUT2D eigenvalue weighted by atomic mass is 79.9. The SMILES string of the molecule is Cc1ccc(C(=O)N[C@@H](C)Cc2cccc(Br)c2)c(=O)[nH]1. The molecule has 2 N–H and O–H groups in total. The van der Waals surface area contributed by atoms with Gasteiger partial charge in [0.1, 0.15) is 5.56 Å². The molecule has 1 aromatic carbocycles. The van der Waals surface area contributed by atoms with Gasteiger partial charge in [-0.05, 0) is 50.1 Å². The van der Waals surface area contributed by atoms with Gasteiger partial charge in [0.05, 0.1) is 0 Å². The van der Waals surface area contributed by atoms with E-state index in [0.29, 0.717) is 6.42 Å². The summed E-state index contributed by atoms with van der Waals surface area (Å²) in [6.07, 6.45) is 0.703. The summed E-state index contributed by atoms with van der Waals surface area (Å²) >= 11 is 3.42. The second-order valence-corrected chi connectivity index (χ2v) is 6.01. The van der Waals surface area contributed by atoms with E-state index in [-0.39, 0.29) is 23.1 Å². The first-order valence-electron chi connectivity index (χ1n) is 6.71. The fourth-order valence-corrected chi connectivity index (χ4v) is 2.57. The molecule has 0 aliphatic carbocycles. The molecule has 2 rings (SSSR count). The summed E-state index contributed by atoms with van der Waals surface area (Å²) in [5.74, 6) is -0.348. The molecular weight excluding hydrogens is 332 g/mol. The highest BCUT2D eigenvalue weighted by molar-refractivity contribution is 9.10. The Hall–Kier alpha value is -1.88. The van der Waals surface area contributed by atoms with Gasteiger partial charge in [0.15, 0.2) is 0 Å². The maximum atomic E-state index is 12.1. The van der Waals surface area contributed by atoms with Gasteiger partial charge in [0, 0.05) is 16.2 Å². The van der Waals surface area contributed by atoms with E-state index in [1.807, 2.05) is 31.2 Å². The first-order chi connectivity index (χ1) is 9.95. The Kier molecular flexibility index (Phi) is 4.96. The van der Waals surface area contributed by atoms with Crippen molar-refractivity contribution in [2.45, 2.75) is 26.3 Å². The summed E-state index contributed by atoms with van der Waals surface area (Å²) in [5.41, 5.74) is 1.64. The standard InChI is InChI=1S/C16H17BrN2O2/c1-10-6-7-14(15(20)18-10)16(21)19-11(2)8-12-4-3-5-13(17)9-12/h3-7,9,11H,8H2,1-2H3,(H,18,20)(H,19,21)/t11-/m0/s1. The lowest BCUT2D eigenvalue weighted by Crippen LogP contribution is -2.37. The van der Waals surface area contributed by atoms with Crippen LogP contribution in [0.2, 0.25) is 0 Å². The Bertz CT molecular complexity index is 709. The van der Waals surface area contributed by atoms with Gasteiger partial charge in [0.2, 0.25) is 0 Å². The number of aryl methyl sites for hydroxylation is 1. The summed E-state index contributed by atoms with van der Waals surface area (Å²) in [7, 11) is 0. The number of hydrogen-bond acceptors (Lipinski definition) is 2. The smallest absolute Gasteiger partial charge is 0.260 e. The van der Waals surface area contributed by atoms with E-state index >= 15 is 0 Å². The molecule has 21 heavy (non-hydrogen) atoms. The van der Waals surface area contributed by atoms with Gasteiger partial charge in [-0.25, -0.2) is 0 Å². The van der Waals surface area contributed by atoms with Crippen LogP contribution in [0.3, 0.4) is 0 Å². The molecule has 2 aromatic rings. The van der Waals surface area contributed by atoms with Gasteiger partial charge >= 0.3 is 0 Å². The van der Waals surface area contributed by atoms with E-state index in [2.05, 4.69) is 26.2 Å². The second kappa shape index (κ2) is 6.72. The Morgan fingerprint density at radius 2 is 2.10 bits per heavy atom. The van der Waals surface area contributed by atoms with Crippen molar-refractivity contribution in [2.24, 2.45) is 0 Å². The van der Waals surface area contributed by atoms with Crippen LogP contribution in [0.15, 0.2) is 45.7 Å². The van der Waals surface area contributed by atoms with Crippen LogP contribution in [0.4, 0.5) is 0 Å². The molecular formula is C16H17BrN2O2. The van der Waals surface area contributed by atoms with Gasteiger partial charge in [-0.3, -0.25) is 9.59 Å². The Balaban J connectivity index is 2.03. The third-order valence-corrected chi connectivity index (χ3v) is 3.60. The third kappa shape index (κ3) is 4.29. The lowest BCUT2D eigenvalue weighted by Gasteiger charge is -2.14. The first kappa shape index (κ1) is 15.5. The lowest BCUT2D eigenvalue weighted by molar-refractivity contribution is 0.0938. The van der Waals surface area contributed by atoms with E-state index < -0.39 is 0 Å². The number of carbonyl (C=O) groups is 1. The minimum Gasteiger partial charge on any atom is -0.349 e. The maximum Gasteiger partial charge on any atom is 0.260 e. The molecule has 1 heterocycles. The molecule has 0 saturated heterocycles. The summed E-state index contributed by atoms with van der Waals surface area (Å²) in [6, 6.07) is 11.1. The summed E-state index contributed by atoms with van der Waals surface area (Å²) in [6.45, 7) is 3.69. The number of rotatable bonds is 4. The van der Waals surface area contributed by atoms with Crippen molar-refractivity contribution in [3.63, 3.8) is 0 Å². The van der Waals surface area contributed by atoms with Crippen molar-refractivity contribution in [2.75, 3.05) is 0 Å². The van der Waals surface area contributed by atoms with Crippen molar-refractivity contribution >= 4 is 21.8 Å². The van der Waals surface area contributed by atoms with Gasteiger partial charge < -0.3 is 10.3 Å². The molecule has 0 aliphatic rings. The van der Waals surface area contributed by atoms with Crippen LogP contribution in [0, 0.1) is 6.92 Å². The van der Waals surface area contributed by atoms with Crippen molar-refractivity contribution in [1.82, 2.24) is 10.3 Å². The average molecular weight is 349 g/mol. The van der Waals surface area contributed by atoms with Gasteiger partial charge in [-0.2, -0.15) is 0 Å². The van der Waals surface area contributed by atoms with Crippen LogP contribution in [-0.2, 0) is 6.42 Å². The number of carbonyl (C=O) groups excluding carboxylic acids is 1. The fraction of sp³-hybridized carbons (Fsp3) is 0.250. The number of halogens is 1. The zero-order chi connectivity index (χ0) is 15.4. The first-order valence-corrected chi connectivity index (χ1v) is 7.50. The monoisotopic (exact) mass is 348 g/mol. The molecule has 0 spiro atoms. The summed E-state index contributed by atoms with van der Waals surface area (Å²) < 4.78 is 1.01. The molecule has 0 aliphatic heterocycles. The van der Waals surface area contributed by atoms with E-state index in [4.69, 9.17) is 0 Å². The molecule has 0 radical (unpaired) electrons. The highest BCUT2D eigenvalue weighted by Crippen LogP contribution is 2.13. The minimum atomic E-state index is -0.359. The molecule has 0 fully saturated rings. The van der Waals surface area contributed by atoms with Gasteiger partial charge in [-0.15, -0.1) is 0 Å². The summed E-state index contributed by atoms with van der Waals surface area (Å²) in [4.78, 5) is 26.5. The molecule has 5 heteroatoms. The van der Waals surface area contributed by atoms with Crippen molar-refractivity contribution in [1.29, 1.82) is 0 Å². The van der Waals surface area contributed by atoms with Crippen molar-refractivity contribution in [3.8, 4) is 0 Å². The average Bonchev–Trinajstić information content (AvgIpc) is 2.38. The predicted molar refractivity (Wildman–Crippen MR) is 86.6 cm³/mol. The topological polar surface area (TPSA) is 62.0 Å². The molecule has 4 nitrogen and oxygen atoms in total. The maximum absolute atomic E-state index is 12.1. The molecule has 1 amide bonds. The summed E-state index contributed by atoms with van der Waals surface area (Å²) in [5, 5.41) is 2.85. The van der Waals surface area contributed by atoms with Crippen LogP contribution in [-0.4, -0.2) is 16.9 Å². The predicted octanol–water partition coefficient (Wildman–Crippen LogP) is 2.81. The molecule has 1 atom stereocenters. The number of nitrogens with one attached hydrogen (secondary N) is 2. The molecule has 110 valence electrons. The minimum absolute atomic E-state index is 0.0625. The zero-order valence-corrected chi connectivity index (χ0v) is 13.5. The van der Waals surface area contributed by atoms with Crippen molar-refractivity contribution in [3.05, 3.63) is 68.0 Å². The van der Waals surface area contributed by atoms with E-state index in [9.17, 15) is 9.59 Å². The van der Waals surface area contributed by atoms with Crippen LogP contribution in [0.25, 0.3) is 0 Å². The number of aromatic nitrogens is 1. The fourth-order valence-electron chi connectivity index (χ4n) is 2.12. The van der Waals surface area contributed by atoms with Crippen molar-refractivity contribution < 1.29 is 4.79 Å². The van der Waals surface area contributed by atoms with E-state index in [1.54, 1.807) is 19.1 Å². The van der Waals surface area contributed by atoms with Crippen LogP contribution < -0.4 is 10.9 Å². The van der Waals surface area contributed by atoms with Gasteiger partial charge in [-0.1, -0.05) is 28.1 Å². The number of pyridine rings is 1. The molecule has 0 unspecified atom stereocenters.